The van der Waals surface area contributed by atoms with Gasteiger partial charge in [-0.05, 0) is 30.3 Å². The topological polar surface area (TPSA) is 140 Å². The second-order valence-corrected chi connectivity index (χ2v) is 7.94. The van der Waals surface area contributed by atoms with E-state index in [-0.39, 0.29) is 5.82 Å². The molecule has 1 saturated heterocycles. The number of fused-ring (bicyclic) bond motifs is 4. The van der Waals surface area contributed by atoms with Crippen LogP contribution < -0.4 is 5.73 Å². The van der Waals surface area contributed by atoms with Gasteiger partial charge in [0.25, 0.3) is 0 Å². The Hall–Kier alpha value is -3.50. The summed E-state index contributed by atoms with van der Waals surface area (Å²) in [6, 6.07) is 15.5. The highest BCUT2D eigenvalue weighted by atomic mass is 16.6. The number of para-hydroxylation sites is 1. The highest BCUT2D eigenvalue weighted by molar-refractivity contribution is 6.12. The summed E-state index contributed by atoms with van der Waals surface area (Å²) in [7, 11) is 0. The number of hydrogen-bond donors (Lipinski definition) is 4. The van der Waals surface area contributed by atoms with Crippen LogP contribution in [0.1, 0.15) is 6.23 Å². The van der Waals surface area contributed by atoms with Crippen molar-refractivity contribution in [3.8, 4) is 11.3 Å². The van der Waals surface area contributed by atoms with Crippen LogP contribution in [0.25, 0.3) is 44.2 Å². The van der Waals surface area contributed by atoms with Gasteiger partial charge in [-0.1, -0.05) is 18.2 Å². The molecule has 162 valence electrons. The molecule has 0 spiro atoms. The number of aliphatic hydroxyl groups is 3. The lowest BCUT2D eigenvalue weighted by atomic mass is 10.1. The Kier molecular flexibility index (Phi) is 4.21. The second kappa shape index (κ2) is 7.01. The molecule has 0 aliphatic carbocycles. The summed E-state index contributed by atoms with van der Waals surface area (Å²) in [4.78, 5) is 8.52. The van der Waals surface area contributed by atoms with Gasteiger partial charge in [-0.3, -0.25) is 4.57 Å². The van der Waals surface area contributed by atoms with Gasteiger partial charge in [-0.2, -0.15) is 0 Å². The van der Waals surface area contributed by atoms with Crippen molar-refractivity contribution in [2.24, 2.45) is 0 Å². The number of benzene rings is 2. The van der Waals surface area contributed by atoms with Crippen LogP contribution in [0.5, 0.6) is 0 Å². The molecular weight excluding hydrogens is 412 g/mol. The van der Waals surface area contributed by atoms with E-state index in [0.29, 0.717) is 22.3 Å². The Bertz CT molecular complexity index is 1440. The van der Waals surface area contributed by atoms with E-state index in [1.165, 1.54) is 6.33 Å². The maximum atomic E-state index is 10.6. The molecule has 32 heavy (non-hydrogen) atoms. The average molecular weight is 432 g/mol. The summed E-state index contributed by atoms with van der Waals surface area (Å²) >= 11 is 0. The maximum absolute atomic E-state index is 10.6. The summed E-state index contributed by atoms with van der Waals surface area (Å²) in [6.07, 6.45) is -3.00. The lowest BCUT2D eigenvalue weighted by Crippen LogP contribution is -2.33. The van der Waals surface area contributed by atoms with Crippen LogP contribution in [0, 0.1) is 0 Å². The third-order valence-corrected chi connectivity index (χ3v) is 6.09. The van der Waals surface area contributed by atoms with Crippen molar-refractivity contribution in [3.63, 3.8) is 0 Å². The Morgan fingerprint density at radius 1 is 1.03 bits per heavy atom. The first-order valence-electron chi connectivity index (χ1n) is 10.2. The fourth-order valence-electron chi connectivity index (χ4n) is 4.52. The fourth-order valence-corrected chi connectivity index (χ4v) is 4.52. The van der Waals surface area contributed by atoms with Crippen molar-refractivity contribution in [2.75, 3.05) is 12.3 Å². The van der Waals surface area contributed by atoms with E-state index in [1.807, 2.05) is 48.5 Å². The summed E-state index contributed by atoms with van der Waals surface area (Å²) in [5.41, 5.74) is 9.01. The largest absolute Gasteiger partial charge is 0.456 e. The molecule has 0 radical (unpaired) electrons. The van der Waals surface area contributed by atoms with Crippen LogP contribution in [0.3, 0.4) is 0 Å². The molecule has 2 aromatic carbocycles. The van der Waals surface area contributed by atoms with Crippen molar-refractivity contribution in [2.45, 2.75) is 24.5 Å². The zero-order valence-electron chi connectivity index (χ0n) is 16.8. The van der Waals surface area contributed by atoms with E-state index in [4.69, 9.17) is 14.9 Å². The molecule has 3 aromatic heterocycles. The first-order chi connectivity index (χ1) is 15.6. The number of aliphatic hydroxyl groups excluding tert-OH is 3. The van der Waals surface area contributed by atoms with Crippen LogP contribution in [-0.2, 0) is 4.74 Å². The van der Waals surface area contributed by atoms with Gasteiger partial charge in [0.15, 0.2) is 6.23 Å². The summed E-state index contributed by atoms with van der Waals surface area (Å²) in [6.45, 7) is -0.417. The van der Waals surface area contributed by atoms with Crippen molar-refractivity contribution in [3.05, 3.63) is 54.9 Å². The van der Waals surface area contributed by atoms with Gasteiger partial charge >= 0.3 is 0 Å². The predicted molar refractivity (Wildman–Crippen MR) is 118 cm³/mol. The molecule has 5 N–H and O–H groups in total. The smallest absolute Gasteiger partial charge is 0.165 e. The summed E-state index contributed by atoms with van der Waals surface area (Å²) in [5.74, 6) is 0.990. The monoisotopic (exact) mass is 432 g/mol. The standard InChI is InChI=1S/C23H20N4O5/c24-21-18-13-7-12(16-8-11-3-1-2-4-15(11)31-16)5-6-14(13)27(22(18)26-10-25-21)23-20(30)19(29)17(9-28)32-23/h1-8,10,17,19-20,23,28-30H,9H2,(H2,24,25,26)/t17-,19-,20-,23-/m1/s1. The molecule has 0 bridgehead atoms. The first kappa shape index (κ1) is 19.2. The van der Waals surface area contributed by atoms with Gasteiger partial charge in [-0.15, -0.1) is 0 Å². The van der Waals surface area contributed by atoms with E-state index in [2.05, 4.69) is 9.97 Å². The third kappa shape index (κ3) is 2.66. The lowest BCUT2D eigenvalue weighted by Gasteiger charge is -2.18. The number of rotatable bonds is 3. The summed E-state index contributed by atoms with van der Waals surface area (Å²) in [5, 5.41) is 32.8. The molecule has 0 saturated carbocycles. The molecule has 4 heterocycles. The number of nitrogens with zero attached hydrogens (tertiary/aromatic N) is 3. The van der Waals surface area contributed by atoms with Crippen LogP contribution >= 0.6 is 0 Å². The van der Waals surface area contributed by atoms with E-state index >= 15 is 0 Å². The zero-order valence-corrected chi connectivity index (χ0v) is 16.8. The molecule has 1 aliphatic rings. The molecule has 9 heteroatoms. The minimum Gasteiger partial charge on any atom is -0.456 e. The Labute approximate surface area is 181 Å². The first-order valence-corrected chi connectivity index (χ1v) is 10.2. The average Bonchev–Trinajstić information content (AvgIpc) is 3.46. The van der Waals surface area contributed by atoms with Gasteiger partial charge in [0, 0.05) is 16.3 Å². The van der Waals surface area contributed by atoms with Crippen LogP contribution in [-0.4, -0.2) is 54.8 Å². The van der Waals surface area contributed by atoms with Gasteiger partial charge in [0.2, 0.25) is 0 Å². The quantitative estimate of drug-likeness (QED) is 0.340. The molecule has 6 rings (SSSR count). The summed E-state index contributed by atoms with van der Waals surface area (Å²) < 4.78 is 13.5. The van der Waals surface area contributed by atoms with Crippen molar-refractivity contribution < 1.29 is 24.5 Å². The number of hydrogen-bond acceptors (Lipinski definition) is 8. The molecule has 5 aromatic rings. The second-order valence-electron chi connectivity index (χ2n) is 7.94. The van der Waals surface area contributed by atoms with Gasteiger partial charge < -0.3 is 30.2 Å². The Balaban J connectivity index is 1.58. The van der Waals surface area contributed by atoms with E-state index in [9.17, 15) is 15.3 Å². The van der Waals surface area contributed by atoms with Gasteiger partial charge in [-0.25, -0.2) is 9.97 Å². The SMILES string of the molecule is Nc1ncnc2c1c1cc(-c3cc4ccccc4o3)ccc1n2[C@@H]1O[C@H](CO)[C@@H](O)[C@H]1O. The number of aromatic nitrogens is 3. The minimum absolute atomic E-state index is 0.284. The van der Waals surface area contributed by atoms with E-state index in [0.717, 1.165) is 21.9 Å². The van der Waals surface area contributed by atoms with Crippen LogP contribution in [0.2, 0.25) is 0 Å². The molecule has 0 amide bonds. The van der Waals surface area contributed by atoms with Crippen molar-refractivity contribution >= 4 is 38.7 Å². The highest BCUT2D eigenvalue weighted by Crippen LogP contribution is 2.40. The number of furan rings is 1. The molecule has 4 atom stereocenters. The van der Waals surface area contributed by atoms with Crippen molar-refractivity contribution in [1.82, 2.24) is 14.5 Å². The van der Waals surface area contributed by atoms with Crippen LogP contribution in [0.15, 0.2) is 59.3 Å². The lowest BCUT2D eigenvalue weighted by molar-refractivity contribution is -0.0489. The molecule has 0 unspecified atom stereocenters. The molecular formula is C23H20N4O5. The van der Waals surface area contributed by atoms with Crippen molar-refractivity contribution in [1.29, 1.82) is 0 Å². The number of anilines is 1. The highest BCUT2D eigenvalue weighted by Gasteiger charge is 2.44. The molecule has 1 aliphatic heterocycles. The number of nitrogen functional groups attached to an aromatic ring is 1. The number of ether oxygens (including phenoxy) is 1. The van der Waals surface area contributed by atoms with E-state index in [1.54, 1.807) is 4.57 Å². The fraction of sp³-hybridized carbons (Fsp3) is 0.217. The van der Waals surface area contributed by atoms with Gasteiger partial charge in [0.1, 0.15) is 47.4 Å². The van der Waals surface area contributed by atoms with Crippen LogP contribution in [0.4, 0.5) is 5.82 Å². The van der Waals surface area contributed by atoms with Gasteiger partial charge in [0.05, 0.1) is 17.5 Å². The third-order valence-electron chi connectivity index (χ3n) is 6.09. The maximum Gasteiger partial charge on any atom is 0.165 e. The Morgan fingerprint density at radius 2 is 1.88 bits per heavy atom. The normalized spacial score (nSPS) is 23.6. The molecule has 1 fully saturated rings. The Morgan fingerprint density at radius 3 is 2.66 bits per heavy atom. The molecule has 9 nitrogen and oxygen atoms in total. The number of nitrogens with two attached hydrogens (primary N) is 1. The van der Waals surface area contributed by atoms with E-state index < -0.39 is 31.1 Å². The predicted octanol–water partition coefficient (Wildman–Crippen LogP) is 2.19. The minimum atomic E-state index is -1.25. The zero-order chi connectivity index (χ0) is 22.0.